The Balaban J connectivity index is 2.06. The monoisotopic (exact) mass is 246 g/mol. The van der Waals surface area contributed by atoms with Crippen molar-refractivity contribution in [1.29, 1.82) is 0 Å². The summed E-state index contributed by atoms with van der Waals surface area (Å²) in [5, 5.41) is 4.37. The Morgan fingerprint density at radius 1 is 1.39 bits per heavy atom. The third-order valence-corrected chi connectivity index (χ3v) is 3.29. The number of nitrogens with two attached hydrogens (primary N) is 1. The van der Waals surface area contributed by atoms with Crippen molar-refractivity contribution < 1.29 is 4.39 Å². The molecular weight excluding hydrogens is 231 g/mol. The predicted molar refractivity (Wildman–Crippen MR) is 66.1 cm³/mol. The summed E-state index contributed by atoms with van der Waals surface area (Å²) in [4.78, 5) is 4.38. The molecule has 2 N–H and O–H groups in total. The van der Waals surface area contributed by atoms with Crippen molar-refractivity contribution in [3.63, 3.8) is 0 Å². The van der Waals surface area contributed by atoms with E-state index in [-0.39, 0.29) is 11.9 Å². The van der Waals surface area contributed by atoms with Crippen LogP contribution in [0.4, 0.5) is 4.39 Å². The van der Waals surface area contributed by atoms with E-state index in [1.807, 2.05) is 0 Å². The van der Waals surface area contributed by atoms with Gasteiger partial charge in [0.2, 0.25) is 0 Å². The molecule has 18 heavy (non-hydrogen) atoms. The molecular formula is C13H15FN4. The zero-order chi connectivity index (χ0) is 12.7. The Kier molecular flexibility index (Phi) is 2.63. The number of aromatic nitrogens is 3. The van der Waals surface area contributed by atoms with Crippen LogP contribution in [-0.2, 0) is 6.54 Å². The largest absolute Gasteiger partial charge is 0.321 e. The van der Waals surface area contributed by atoms with E-state index in [9.17, 15) is 4.39 Å². The minimum absolute atomic E-state index is 0.109. The molecule has 1 aliphatic heterocycles. The topological polar surface area (TPSA) is 56.7 Å². The molecule has 0 fully saturated rings. The minimum Gasteiger partial charge on any atom is -0.321 e. The summed E-state index contributed by atoms with van der Waals surface area (Å²) >= 11 is 0. The van der Waals surface area contributed by atoms with Gasteiger partial charge in [-0.15, -0.1) is 0 Å². The first-order valence-electron chi connectivity index (χ1n) is 6.10. The van der Waals surface area contributed by atoms with E-state index in [2.05, 4.69) is 17.0 Å². The zero-order valence-electron chi connectivity index (χ0n) is 10.2. The molecule has 94 valence electrons. The molecule has 0 radical (unpaired) electrons. The molecule has 2 aromatic rings. The normalized spacial score (nSPS) is 22.8. The van der Waals surface area contributed by atoms with Crippen molar-refractivity contribution in [2.24, 2.45) is 11.7 Å². The maximum atomic E-state index is 13.7. The summed E-state index contributed by atoms with van der Waals surface area (Å²) in [7, 11) is 0. The predicted octanol–water partition coefficient (Wildman–Crippen LogP) is 2.12. The average Bonchev–Trinajstić information content (AvgIpc) is 2.73. The Hall–Kier alpha value is -1.75. The van der Waals surface area contributed by atoms with E-state index in [0.717, 1.165) is 18.8 Å². The van der Waals surface area contributed by atoms with Gasteiger partial charge in [0.25, 0.3) is 0 Å². The van der Waals surface area contributed by atoms with Crippen molar-refractivity contribution in [3.8, 4) is 11.4 Å². The molecule has 1 aromatic heterocycles. The van der Waals surface area contributed by atoms with E-state index < -0.39 is 0 Å². The number of halogens is 1. The van der Waals surface area contributed by atoms with Crippen LogP contribution >= 0.6 is 0 Å². The van der Waals surface area contributed by atoms with Gasteiger partial charge in [-0.3, -0.25) is 0 Å². The summed E-state index contributed by atoms with van der Waals surface area (Å²) in [5.74, 6) is 1.35. The van der Waals surface area contributed by atoms with Crippen LogP contribution in [0.3, 0.4) is 0 Å². The number of benzene rings is 1. The van der Waals surface area contributed by atoms with E-state index in [1.165, 1.54) is 6.07 Å². The molecule has 0 bridgehead atoms. The molecule has 2 heterocycles. The van der Waals surface area contributed by atoms with Crippen LogP contribution in [-0.4, -0.2) is 14.8 Å². The van der Waals surface area contributed by atoms with Gasteiger partial charge in [-0.05, 0) is 24.5 Å². The summed E-state index contributed by atoms with van der Waals surface area (Å²) in [6, 6.07) is 6.43. The smallest absolute Gasteiger partial charge is 0.184 e. The number of nitrogens with zero attached hydrogens (tertiary/aromatic N) is 3. The fraction of sp³-hybridized carbons (Fsp3) is 0.385. The van der Waals surface area contributed by atoms with E-state index in [1.54, 1.807) is 22.9 Å². The average molecular weight is 246 g/mol. The molecule has 3 rings (SSSR count). The van der Waals surface area contributed by atoms with Gasteiger partial charge in [0.1, 0.15) is 11.6 Å². The van der Waals surface area contributed by atoms with Crippen LogP contribution in [0.15, 0.2) is 24.3 Å². The van der Waals surface area contributed by atoms with Gasteiger partial charge in [0.05, 0.1) is 11.6 Å². The molecule has 4 nitrogen and oxygen atoms in total. The zero-order valence-corrected chi connectivity index (χ0v) is 10.2. The maximum Gasteiger partial charge on any atom is 0.184 e. The maximum absolute atomic E-state index is 13.7. The third kappa shape index (κ3) is 1.80. The van der Waals surface area contributed by atoms with Gasteiger partial charge in [0, 0.05) is 6.54 Å². The lowest BCUT2D eigenvalue weighted by molar-refractivity contribution is 0.325. The van der Waals surface area contributed by atoms with E-state index in [0.29, 0.717) is 17.3 Å². The Morgan fingerprint density at radius 3 is 2.94 bits per heavy atom. The van der Waals surface area contributed by atoms with Crippen LogP contribution in [0, 0.1) is 11.7 Å². The second-order valence-corrected chi connectivity index (χ2v) is 4.90. The standard InChI is InChI=1S/C13H15FN4/c1-8-6-11(15)13-16-12(17-18(13)7-8)9-4-2-3-5-10(9)14/h2-5,8,11H,6-7,15H2,1H3. The molecule has 1 aromatic carbocycles. The van der Waals surface area contributed by atoms with Crippen LogP contribution in [0.1, 0.15) is 25.2 Å². The first-order valence-corrected chi connectivity index (χ1v) is 6.10. The van der Waals surface area contributed by atoms with E-state index >= 15 is 0 Å². The number of fused-ring (bicyclic) bond motifs is 1. The van der Waals surface area contributed by atoms with E-state index in [4.69, 9.17) is 5.73 Å². The van der Waals surface area contributed by atoms with Crippen molar-refractivity contribution >= 4 is 0 Å². The van der Waals surface area contributed by atoms with Crippen molar-refractivity contribution in [2.75, 3.05) is 0 Å². The quantitative estimate of drug-likeness (QED) is 0.838. The Labute approximate surface area is 105 Å². The SMILES string of the molecule is CC1CC(N)c2nc(-c3ccccc3F)nn2C1. The lowest BCUT2D eigenvalue weighted by Crippen LogP contribution is -2.27. The van der Waals surface area contributed by atoms with Crippen molar-refractivity contribution in [1.82, 2.24) is 14.8 Å². The first-order chi connectivity index (χ1) is 8.65. The van der Waals surface area contributed by atoms with Gasteiger partial charge in [-0.25, -0.2) is 14.1 Å². The van der Waals surface area contributed by atoms with Gasteiger partial charge in [-0.2, -0.15) is 5.10 Å². The third-order valence-electron chi connectivity index (χ3n) is 3.29. The number of rotatable bonds is 1. The molecule has 0 saturated heterocycles. The highest BCUT2D eigenvalue weighted by Gasteiger charge is 2.26. The summed E-state index contributed by atoms with van der Waals surface area (Å²) in [5.41, 5.74) is 6.48. The minimum atomic E-state index is -0.304. The highest BCUT2D eigenvalue weighted by Crippen LogP contribution is 2.28. The fourth-order valence-electron chi connectivity index (χ4n) is 2.43. The first kappa shape index (κ1) is 11.3. The van der Waals surface area contributed by atoms with Gasteiger partial charge < -0.3 is 5.73 Å². The van der Waals surface area contributed by atoms with Crippen LogP contribution < -0.4 is 5.73 Å². The van der Waals surface area contributed by atoms with Crippen molar-refractivity contribution in [3.05, 3.63) is 35.9 Å². The van der Waals surface area contributed by atoms with Gasteiger partial charge in [0.15, 0.2) is 5.82 Å². The number of hydrogen-bond acceptors (Lipinski definition) is 3. The highest BCUT2D eigenvalue weighted by molar-refractivity contribution is 5.55. The second-order valence-electron chi connectivity index (χ2n) is 4.90. The van der Waals surface area contributed by atoms with Crippen LogP contribution in [0.25, 0.3) is 11.4 Å². The van der Waals surface area contributed by atoms with Gasteiger partial charge >= 0.3 is 0 Å². The molecule has 2 unspecified atom stereocenters. The Bertz CT molecular complexity index is 578. The summed E-state index contributed by atoms with van der Waals surface area (Å²) in [6.07, 6.45) is 0.898. The van der Waals surface area contributed by atoms with Gasteiger partial charge in [-0.1, -0.05) is 19.1 Å². The molecule has 0 spiro atoms. The molecule has 0 saturated carbocycles. The molecule has 0 aliphatic carbocycles. The van der Waals surface area contributed by atoms with Crippen LogP contribution in [0.5, 0.6) is 0 Å². The Morgan fingerprint density at radius 2 is 2.17 bits per heavy atom. The molecule has 0 amide bonds. The molecule has 5 heteroatoms. The fourth-order valence-corrected chi connectivity index (χ4v) is 2.43. The molecule has 2 atom stereocenters. The lowest BCUT2D eigenvalue weighted by Gasteiger charge is -2.23. The summed E-state index contributed by atoms with van der Waals surface area (Å²) in [6.45, 7) is 2.93. The number of hydrogen-bond donors (Lipinski definition) is 1. The molecule has 1 aliphatic rings. The second kappa shape index (κ2) is 4.17. The lowest BCUT2D eigenvalue weighted by atomic mass is 9.98. The van der Waals surface area contributed by atoms with Crippen molar-refractivity contribution in [2.45, 2.75) is 25.9 Å². The summed E-state index contributed by atoms with van der Waals surface area (Å²) < 4.78 is 15.5. The van der Waals surface area contributed by atoms with Crippen LogP contribution in [0.2, 0.25) is 0 Å². The highest BCUT2D eigenvalue weighted by atomic mass is 19.1.